The van der Waals surface area contributed by atoms with Crippen LogP contribution in [-0.4, -0.2) is 48.1 Å². The topological polar surface area (TPSA) is 44.0 Å². The Labute approximate surface area is 170 Å². The molecule has 0 spiro atoms. The minimum atomic E-state index is 0.120. The Kier molecular flexibility index (Phi) is 5.99. The Morgan fingerprint density at radius 3 is 1.54 bits per heavy atom. The van der Waals surface area contributed by atoms with E-state index in [4.69, 9.17) is 0 Å². The van der Waals surface area contributed by atoms with Gasteiger partial charge in [-0.2, -0.15) is 0 Å². The Balaban J connectivity index is 1.27. The van der Waals surface area contributed by atoms with E-state index in [0.29, 0.717) is 0 Å². The van der Waals surface area contributed by atoms with Gasteiger partial charge in [0.05, 0.1) is 0 Å². The predicted molar refractivity (Wildman–Crippen MR) is 115 cm³/mol. The van der Waals surface area contributed by atoms with Gasteiger partial charge in [-0.05, 0) is 0 Å². The van der Waals surface area contributed by atoms with Crippen LogP contribution in [0.3, 0.4) is 0 Å². The minimum absolute atomic E-state index is 0.120. The number of hydrogen-bond donors (Lipinski definition) is 0. The zero-order chi connectivity index (χ0) is 17.9. The molecule has 8 heteroatoms. The third-order valence-electron chi connectivity index (χ3n) is 3.94. The van der Waals surface area contributed by atoms with Gasteiger partial charge in [-0.1, -0.05) is 0 Å². The van der Waals surface area contributed by atoms with E-state index in [9.17, 15) is 9.59 Å². The molecule has 0 aliphatic rings. The molecule has 4 aromatic rings. The summed E-state index contributed by atoms with van der Waals surface area (Å²) in [6, 6.07) is 15.8. The molecule has 4 rings (SSSR count). The van der Waals surface area contributed by atoms with Crippen molar-refractivity contribution in [2.75, 3.05) is 11.5 Å². The molecule has 0 atom stereocenters. The number of rotatable bonds is 7. The summed E-state index contributed by atoms with van der Waals surface area (Å²) >= 11 is 0.240. The fraction of sp³-hybridized carbons (Fsp3) is 0.222. The van der Waals surface area contributed by atoms with Crippen molar-refractivity contribution in [1.29, 1.82) is 0 Å². The Morgan fingerprint density at radius 1 is 0.692 bits per heavy atom. The van der Waals surface area contributed by atoms with E-state index in [-0.39, 0.29) is 40.6 Å². The van der Waals surface area contributed by atoms with Gasteiger partial charge < -0.3 is 0 Å². The maximum absolute atomic E-state index is 12.3. The van der Waals surface area contributed by atoms with Crippen LogP contribution in [0.15, 0.2) is 58.1 Å². The molecule has 0 aliphatic heterocycles. The second-order valence-corrected chi connectivity index (χ2v) is 12.8. The molecule has 2 aromatic carbocycles. The average molecular weight is 514 g/mol. The van der Waals surface area contributed by atoms with Crippen molar-refractivity contribution in [3.05, 3.63) is 69.2 Å². The van der Waals surface area contributed by atoms with Crippen molar-refractivity contribution in [3.63, 3.8) is 0 Å². The van der Waals surface area contributed by atoms with Crippen LogP contribution in [0.2, 0.25) is 0 Å². The summed E-state index contributed by atoms with van der Waals surface area (Å²) < 4.78 is 6.35. The van der Waals surface area contributed by atoms with Gasteiger partial charge in [-0.25, -0.2) is 0 Å². The van der Waals surface area contributed by atoms with Crippen LogP contribution < -0.4 is 11.1 Å². The van der Waals surface area contributed by atoms with Gasteiger partial charge in [0.15, 0.2) is 0 Å². The summed E-state index contributed by atoms with van der Waals surface area (Å²) in [5.41, 5.74) is 0.351. The Hall–Kier alpha value is -0.881. The molecule has 0 unspecified atom stereocenters. The van der Waals surface area contributed by atoms with Crippen LogP contribution in [-0.2, 0) is 13.1 Å². The zero-order valence-corrected chi connectivity index (χ0v) is 18.9. The van der Waals surface area contributed by atoms with Crippen molar-refractivity contribution in [2.24, 2.45) is 0 Å². The summed E-state index contributed by atoms with van der Waals surface area (Å²) in [7, 11) is 3.58. The molecule has 0 amide bonds. The van der Waals surface area contributed by atoms with E-state index in [1.165, 1.54) is 8.52 Å². The van der Waals surface area contributed by atoms with Crippen LogP contribution >= 0.6 is 21.6 Å². The molecule has 0 aliphatic carbocycles. The summed E-state index contributed by atoms with van der Waals surface area (Å²) in [4.78, 5) is 24.6. The van der Waals surface area contributed by atoms with Crippen LogP contribution in [0, 0.1) is 0 Å². The molecule has 26 heavy (non-hydrogen) atoms. The summed E-state index contributed by atoms with van der Waals surface area (Å²) in [5, 5.41) is 1.75. The van der Waals surface area contributed by atoms with E-state index in [1.54, 1.807) is 21.6 Å². The molecule has 2 heterocycles. The van der Waals surface area contributed by atoms with E-state index in [2.05, 4.69) is 12.1 Å². The van der Waals surface area contributed by atoms with Crippen LogP contribution in [0.4, 0.5) is 0 Å². The molecular formula is C18H16N2O2S2Se2. The standard InChI is InChI=1S/C18H16N2O2S2Se2/c21-17-13-5-1-3-7-15(13)25-19(17)9-11-23-24-12-10-20-18(22)14-6-2-4-8-16(14)26-20/h1-8H,9-12H2. The van der Waals surface area contributed by atoms with Crippen molar-refractivity contribution >= 4 is 70.3 Å². The van der Waals surface area contributed by atoms with Gasteiger partial charge in [0.25, 0.3) is 0 Å². The number of benzene rings is 2. The first-order valence-corrected chi connectivity index (χ1v) is 13.9. The Morgan fingerprint density at radius 2 is 1.12 bits per heavy atom. The first-order chi connectivity index (χ1) is 12.7. The number of hydrogen-bond acceptors (Lipinski definition) is 4. The third-order valence-corrected chi connectivity index (χ3v) is 11.0. The monoisotopic (exact) mass is 516 g/mol. The summed E-state index contributed by atoms with van der Waals surface area (Å²) in [6.07, 6.45) is 0. The van der Waals surface area contributed by atoms with Gasteiger partial charge in [0.2, 0.25) is 0 Å². The van der Waals surface area contributed by atoms with E-state index in [0.717, 1.165) is 35.4 Å². The molecule has 134 valence electrons. The zero-order valence-electron chi connectivity index (χ0n) is 13.8. The van der Waals surface area contributed by atoms with Gasteiger partial charge in [0, 0.05) is 0 Å². The first kappa shape index (κ1) is 18.5. The van der Waals surface area contributed by atoms with Crippen LogP contribution in [0.5, 0.6) is 0 Å². The number of nitrogens with zero attached hydrogens (tertiary/aromatic N) is 2. The van der Waals surface area contributed by atoms with E-state index in [1.807, 2.05) is 43.5 Å². The van der Waals surface area contributed by atoms with Crippen LogP contribution in [0.1, 0.15) is 0 Å². The van der Waals surface area contributed by atoms with Crippen molar-refractivity contribution in [2.45, 2.75) is 13.1 Å². The molecule has 2 aromatic heterocycles. The molecular weight excluding hydrogens is 498 g/mol. The number of aryl methyl sites for hydroxylation is 2. The maximum atomic E-state index is 12.3. The molecule has 0 radical (unpaired) electrons. The van der Waals surface area contributed by atoms with E-state index >= 15 is 0 Å². The molecule has 0 saturated heterocycles. The summed E-state index contributed by atoms with van der Waals surface area (Å²) in [5.74, 6) is 1.84. The molecule has 0 fully saturated rings. The fourth-order valence-electron chi connectivity index (χ4n) is 2.69. The quantitative estimate of drug-likeness (QED) is 0.216. The second kappa shape index (κ2) is 8.42. The molecule has 0 N–H and O–H groups in total. The molecule has 0 bridgehead atoms. The van der Waals surface area contributed by atoms with Crippen molar-refractivity contribution < 1.29 is 0 Å². The van der Waals surface area contributed by atoms with Gasteiger partial charge >= 0.3 is 171 Å². The van der Waals surface area contributed by atoms with Gasteiger partial charge in [0.1, 0.15) is 0 Å². The summed E-state index contributed by atoms with van der Waals surface area (Å²) in [6.45, 7) is 1.59. The van der Waals surface area contributed by atoms with E-state index < -0.39 is 0 Å². The average Bonchev–Trinajstić information content (AvgIpc) is 3.16. The molecule has 0 saturated carbocycles. The second-order valence-electron chi connectivity index (χ2n) is 5.63. The normalized spacial score (nSPS) is 11.5. The number of fused-ring (bicyclic) bond motifs is 2. The van der Waals surface area contributed by atoms with Crippen molar-refractivity contribution in [3.8, 4) is 0 Å². The first-order valence-electron chi connectivity index (χ1n) is 8.16. The van der Waals surface area contributed by atoms with Crippen molar-refractivity contribution in [1.82, 2.24) is 7.12 Å². The Bertz CT molecular complexity index is 1070. The molecule has 4 nitrogen and oxygen atoms in total. The predicted octanol–water partition coefficient (Wildman–Crippen LogP) is 2.51. The third kappa shape index (κ3) is 3.86. The van der Waals surface area contributed by atoms with Crippen LogP contribution in [0.25, 0.3) is 19.3 Å². The number of aromatic nitrogens is 2. The van der Waals surface area contributed by atoms with Gasteiger partial charge in [-0.3, -0.25) is 0 Å². The fourth-order valence-corrected chi connectivity index (χ4v) is 9.29. The SMILES string of the molecule is O=c1c2ccccc2[se]n1CCSSCCn1[se]c2ccccc2c1=O. The van der Waals surface area contributed by atoms with Gasteiger partial charge in [-0.15, -0.1) is 0 Å².